The first-order chi connectivity index (χ1) is 7.83. The molecule has 0 atom stereocenters. The lowest BCUT2D eigenvalue weighted by atomic mass is 10.1. The topological polar surface area (TPSA) is 53.2 Å². The molecule has 0 unspecified atom stereocenters. The number of hydrogen-bond acceptors (Lipinski definition) is 3. The molecule has 0 aromatic carbocycles. The molecule has 17 heavy (non-hydrogen) atoms. The van der Waals surface area contributed by atoms with Crippen molar-refractivity contribution in [3.63, 3.8) is 0 Å². The Bertz CT molecular complexity index is 277. The van der Waals surface area contributed by atoms with Crippen LogP contribution in [-0.2, 0) is 4.79 Å². The number of carbonyl (C=O) groups is 1. The van der Waals surface area contributed by atoms with Crippen LogP contribution in [0.3, 0.4) is 0 Å². The van der Waals surface area contributed by atoms with E-state index in [1.165, 1.54) is 0 Å². The Morgan fingerprint density at radius 1 is 1.24 bits per heavy atom. The third-order valence-corrected chi connectivity index (χ3v) is 1.96. The van der Waals surface area contributed by atoms with Crippen molar-refractivity contribution in [3.8, 4) is 0 Å². The van der Waals surface area contributed by atoms with Crippen molar-refractivity contribution in [1.82, 2.24) is 16.0 Å². The zero-order valence-corrected chi connectivity index (χ0v) is 11.4. The fourth-order valence-electron chi connectivity index (χ4n) is 1.04. The van der Waals surface area contributed by atoms with Gasteiger partial charge in [0, 0.05) is 30.1 Å². The Morgan fingerprint density at radius 3 is 2.41 bits per heavy atom. The summed E-state index contributed by atoms with van der Waals surface area (Å²) in [6, 6.07) is 0. The smallest absolute Gasteiger partial charge is 0.250 e. The lowest BCUT2D eigenvalue weighted by Crippen LogP contribution is -2.37. The Labute approximate surface area is 105 Å². The van der Waals surface area contributed by atoms with Crippen molar-refractivity contribution in [2.75, 3.05) is 13.1 Å². The maximum absolute atomic E-state index is 11.1. The standard InChI is InChI=1S/C13H25N3O/c1-11(2)12(17)15-10-9-14-7-6-8-16-13(3,4)5/h9-10,14,16H,1,6-8H2,2-5H3,(H,15,17). The molecular weight excluding hydrogens is 214 g/mol. The van der Waals surface area contributed by atoms with E-state index in [1.54, 1.807) is 19.3 Å². The quantitative estimate of drug-likeness (QED) is 0.466. The van der Waals surface area contributed by atoms with Crippen molar-refractivity contribution in [2.24, 2.45) is 0 Å². The van der Waals surface area contributed by atoms with Gasteiger partial charge in [0.15, 0.2) is 0 Å². The van der Waals surface area contributed by atoms with Gasteiger partial charge in [0.1, 0.15) is 0 Å². The number of rotatable bonds is 7. The van der Waals surface area contributed by atoms with E-state index in [2.05, 4.69) is 43.3 Å². The van der Waals surface area contributed by atoms with Gasteiger partial charge >= 0.3 is 0 Å². The SMILES string of the molecule is C=C(C)C(=O)NC=CNCCCNC(C)(C)C. The maximum atomic E-state index is 11.1. The molecule has 0 fully saturated rings. The van der Waals surface area contributed by atoms with Crippen molar-refractivity contribution < 1.29 is 4.79 Å². The molecule has 0 radical (unpaired) electrons. The molecule has 0 aliphatic carbocycles. The number of hydrogen-bond donors (Lipinski definition) is 3. The molecular formula is C13H25N3O. The molecule has 0 aromatic rings. The lowest BCUT2D eigenvalue weighted by molar-refractivity contribution is -0.116. The molecule has 0 heterocycles. The van der Waals surface area contributed by atoms with E-state index in [0.717, 1.165) is 19.5 Å². The molecule has 98 valence electrons. The van der Waals surface area contributed by atoms with Gasteiger partial charge in [-0.25, -0.2) is 0 Å². The van der Waals surface area contributed by atoms with Crippen molar-refractivity contribution in [3.05, 3.63) is 24.6 Å². The molecule has 4 heteroatoms. The average Bonchev–Trinajstić information content (AvgIpc) is 2.19. The van der Waals surface area contributed by atoms with Gasteiger partial charge in [-0.2, -0.15) is 0 Å². The van der Waals surface area contributed by atoms with Gasteiger partial charge in [0.2, 0.25) is 5.91 Å². The predicted molar refractivity (Wildman–Crippen MR) is 72.5 cm³/mol. The van der Waals surface area contributed by atoms with E-state index >= 15 is 0 Å². The molecule has 0 aliphatic rings. The van der Waals surface area contributed by atoms with Gasteiger partial charge in [0.25, 0.3) is 0 Å². The Morgan fingerprint density at radius 2 is 1.88 bits per heavy atom. The van der Waals surface area contributed by atoms with Crippen LogP contribution >= 0.6 is 0 Å². The highest BCUT2D eigenvalue weighted by molar-refractivity contribution is 5.92. The van der Waals surface area contributed by atoms with E-state index in [4.69, 9.17) is 0 Å². The first-order valence-electron chi connectivity index (χ1n) is 5.93. The maximum Gasteiger partial charge on any atom is 0.250 e. The summed E-state index contributed by atoms with van der Waals surface area (Å²) < 4.78 is 0. The Kier molecular flexibility index (Phi) is 7.30. The highest BCUT2D eigenvalue weighted by atomic mass is 16.1. The first-order valence-corrected chi connectivity index (χ1v) is 5.93. The molecule has 0 rings (SSSR count). The second-order valence-corrected chi connectivity index (χ2v) is 5.07. The van der Waals surface area contributed by atoms with Crippen LogP contribution in [0, 0.1) is 0 Å². The first kappa shape index (κ1) is 15.7. The summed E-state index contributed by atoms with van der Waals surface area (Å²) in [5, 5.41) is 9.10. The molecule has 0 bridgehead atoms. The van der Waals surface area contributed by atoms with E-state index in [-0.39, 0.29) is 11.4 Å². The van der Waals surface area contributed by atoms with Gasteiger partial charge in [-0.1, -0.05) is 6.58 Å². The van der Waals surface area contributed by atoms with Crippen LogP contribution in [0.25, 0.3) is 0 Å². The van der Waals surface area contributed by atoms with Gasteiger partial charge in [-0.15, -0.1) is 0 Å². The van der Waals surface area contributed by atoms with Crippen LogP contribution in [0.15, 0.2) is 24.6 Å². The summed E-state index contributed by atoms with van der Waals surface area (Å²) in [7, 11) is 0. The van der Waals surface area contributed by atoms with Crippen molar-refractivity contribution >= 4 is 5.91 Å². The normalized spacial score (nSPS) is 11.5. The molecule has 0 aromatic heterocycles. The summed E-state index contributed by atoms with van der Waals surface area (Å²) in [5.41, 5.74) is 0.676. The average molecular weight is 239 g/mol. The minimum Gasteiger partial charge on any atom is -0.390 e. The fraction of sp³-hybridized carbons (Fsp3) is 0.615. The molecule has 0 spiro atoms. The third-order valence-electron chi connectivity index (χ3n) is 1.96. The van der Waals surface area contributed by atoms with Crippen molar-refractivity contribution in [1.29, 1.82) is 0 Å². The van der Waals surface area contributed by atoms with Crippen LogP contribution in [0.4, 0.5) is 0 Å². The monoisotopic (exact) mass is 239 g/mol. The fourth-order valence-corrected chi connectivity index (χ4v) is 1.04. The third kappa shape index (κ3) is 11.0. The van der Waals surface area contributed by atoms with Crippen LogP contribution < -0.4 is 16.0 Å². The highest BCUT2D eigenvalue weighted by Gasteiger charge is 2.06. The number of carbonyl (C=O) groups excluding carboxylic acids is 1. The molecule has 3 N–H and O–H groups in total. The summed E-state index contributed by atoms with van der Waals surface area (Å²) in [4.78, 5) is 11.1. The zero-order chi connectivity index (χ0) is 13.3. The summed E-state index contributed by atoms with van der Waals surface area (Å²) >= 11 is 0. The summed E-state index contributed by atoms with van der Waals surface area (Å²) in [6.45, 7) is 13.5. The summed E-state index contributed by atoms with van der Waals surface area (Å²) in [6.07, 6.45) is 4.36. The predicted octanol–water partition coefficient (Wildman–Crippen LogP) is 1.52. The van der Waals surface area contributed by atoms with Crippen LogP contribution in [0.2, 0.25) is 0 Å². The van der Waals surface area contributed by atoms with E-state index in [0.29, 0.717) is 5.57 Å². The van der Waals surface area contributed by atoms with Crippen LogP contribution in [0.1, 0.15) is 34.1 Å². The summed E-state index contributed by atoms with van der Waals surface area (Å²) in [5.74, 6) is -0.155. The van der Waals surface area contributed by atoms with Gasteiger partial charge in [-0.3, -0.25) is 4.79 Å². The zero-order valence-electron chi connectivity index (χ0n) is 11.4. The molecule has 0 aliphatic heterocycles. The lowest BCUT2D eigenvalue weighted by Gasteiger charge is -2.20. The van der Waals surface area contributed by atoms with Crippen molar-refractivity contribution in [2.45, 2.75) is 39.7 Å². The van der Waals surface area contributed by atoms with E-state index in [9.17, 15) is 4.79 Å². The Balaban J connectivity index is 3.43. The van der Waals surface area contributed by atoms with Gasteiger partial charge in [-0.05, 0) is 40.7 Å². The minimum absolute atomic E-state index is 0.155. The minimum atomic E-state index is -0.155. The van der Waals surface area contributed by atoms with Crippen LogP contribution in [0.5, 0.6) is 0 Å². The second-order valence-electron chi connectivity index (χ2n) is 5.07. The second kappa shape index (κ2) is 7.90. The molecule has 1 amide bonds. The highest BCUT2D eigenvalue weighted by Crippen LogP contribution is 1.97. The Hall–Kier alpha value is -1.29. The van der Waals surface area contributed by atoms with Gasteiger partial charge in [0.05, 0.1) is 0 Å². The molecule has 0 saturated carbocycles. The van der Waals surface area contributed by atoms with E-state index in [1.807, 2.05) is 0 Å². The number of nitrogens with one attached hydrogen (secondary N) is 3. The molecule has 0 saturated heterocycles. The number of amides is 1. The van der Waals surface area contributed by atoms with Crippen LogP contribution in [-0.4, -0.2) is 24.5 Å². The molecule has 4 nitrogen and oxygen atoms in total. The largest absolute Gasteiger partial charge is 0.390 e. The van der Waals surface area contributed by atoms with Gasteiger partial charge < -0.3 is 16.0 Å². The van der Waals surface area contributed by atoms with E-state index < -0.39 is 0 Å².